The van der Waals surface area contributed by atoms with Crippen LogP contribution >= 0.6 is 22.9 Å². The summed E-state index contributed by atoms with van der Waals surface area (Å²) < 4.78 is 28.1. The standard InChI is InChI=1S/C22H19ClN4O4S2/c1-2-24-16-5-8-18-14(13-16)11-12-27(21(18)28)17-6-3-15(4-7-17)25-22(29)26-33(30,31)20-10-9-19(23)32-20/h3-13,24H,2H2,1H3,(H2,25,26,29). The lowest BCUT2D eigenvalue weighted by molar-refractivity contribution is 0.256. The average molecular weight is 503 g/mol. The molecular formula is C22H19ClN4O4S2. The van der Waals surface area contributed by atoms with Crippen LogP contribution in [0.2, 0.25) is 4.34 Å². The van der Waals surface area contributed by atoms with Gasteiger partial charge < -0.3 is 10.6 Å². The average Bonchev–Trinajstić information content (AvgIpc) is 3.22. The number of nitrogens with one attached hydrogen (secondary N) is 3. The lowest BCUT2D eigenvalue weighted by atomic mass is 10.1. The molecule has 0 radical (unpaired) electrons. The van der Waals surface area contributed by atoms with E-state index in [1.54, 1.807) is 36.5 Å². The van der Waals surface area contributed by atoms with Crippen molar-refractivity contribution in [2.24, 2.45) is 0 Å². The van der Waals surface area contributed by atoms with Crippen LogP contribution in [0.5, 0.6) is 0 Å². The Bertz CT molecular complexity index is 1500. The molecular weight excluding hydrogens is 484 g/mol. The number of urea groups is 1. The van der Waals surface area contributed by atoms with E-state index in [1.807, 2.05) is 29.8 Å². The van der Waals surface area contributed by atoms with Crippen LogP contribution in [-0.4, -0.2) is 25.6 Å². The molecule has 0 saturated heterocycles. The summed E-state index contributed by atoms with van der Waals surface area (Å²) >= 11 is 6.61. The van der Waals surface area contributed by atoms with Crippen molar-refractivity contribution in [3.05, 3.63) is 81.6 Å². The van der Waals surface area contributed by atoms with Crippen LogP contribution in [0.25, 0.3) is 16.5 Å². The molecule has 0 aliphatic rings. The number of hydrogen-bond donors (Lipinski definition) is 3. The highest BCUT2D eigenvalue weighted by atomic mass is 35.5. The fourth-order valence-corrected chi connectivity index (χ4v) is 5.63. The Kier molecular flexibility index (Phi) is 6.41. The number of aromatic nitrogens is 1. The molecule has 4 aromatic rings. The van der Waals surface area contributed by atoms with Gasteiger partial charge in [-0.25, -0.2) is 17.9 Å². The van der Waals surface area contributed by atoms with E-state index in [9.17, 15) is 18.0 Å². The summed E-state index contributed by atoms with van der Waals surface area (Å²) in [5.41, 5.74) is 1.74. The number of pyridine rings is 1. The van der Waals surface area contributed by atoms with E-state index in [4.69, 9.17) is 11.6 Å². The van der Waals surface area contributed by atoms with Gasteiger partial charge in [0.2, 0.25) is 0 Å². The van der Waals surface area contributed by atoms with Crippen molar-refractivity contribution in [3.63, 3.8) is 0 Å². The van der Waals surface area contributed by atoms with Crippen LogP contribution in [0.1, 0.15) is 6.92 Å². The molecule has 4 rings (SSSR count). The highest BCUT2D eigenvalue weighted by Crippen LogP contribution is 2.25. The van der Waals surface area contributed by atoms with Crippen molar-refractivity contribution in [2.45, 2.75) is 11.1 Å². The van der Waals surface area contributed by atoms with E-state index in [0.29, 0.717) is 21.1 Å². The Morgan fingerprint density at radius 1 is 1.03 bits per heavy atom. The van der Waals surface area contributed by atoms with Gasteiger partial charge >= 0.3 is 6.03 Å². The number of carbonyl (C=O) groups excluding carboxylic acids is 1. The number of halogens is 1. The predicted octanol–water partition coefficient (Wildman–Crippen LogP) is 4.65. The molecule has 3 N–H and O–H groups in total. The molecule has 0 aliphatic carbocycles. The molecule has 0 aliphatic heterocycles. The Morgan fingerprint density at radius 3 is 2.42 bits per heavy atom. The second kappa shape index (κ2) is 9.26. The summed E-state index contributed by atoms with van der Waals surface area (Å²) in [5, 5.41) is 7.10. The molecule has 2 heterocycles. The number of nitrogens with zero attached hydrogens (tertiary/aromatic N) is 1. The van der Waals surface area contributed by atoms with Crippen LogP contribution < -0.4 is 20.9 Å². The first-order valence-electron chi connectivity index (χ1n) is 9.86. The van der Waals surface area contributed by atoms with Crippen molar-refractivity contribution >= 4 is 61.1 Å². The van der Waals surface area contributed by atoms with Gasteiger partial charge in [-0.3, -0.25) is 9.36 Å². The maximum Gasteiger partial charge on any atom is 0.333 e. The maximum absolute atomic E-state index is 12.9. The fraction of sp³-hybridized carbons (Fsp3) is 0.0909. The van der Waals surface area contributed by atoms with E-state index in [0.717, 1.165) is 29.0 Å². The molecule has 0 spiro atoms. The number of amides is 2. The normalized spacial score (nSPS) is 11.3. The van der Waals surface area contributed by atoms with Crippen molar-refractivity contribution in [2.75, 3.05) is 17.2 Å². The van der Waals surface area contributed by atoms with Gasteiger partial charge in [0.05, 0.1) is 4.34 Å². The maximum atomic E-state index is 12.9. The second-order valence-corrected chi connectivity index (χ2v) is 10.6. The third-order valence-corrected chi connectivity index (χ3v) is 7.78. The highest BCUT2D eigenvalue weighted by molar-refractivity contribution is 7.92. The topological polar surface area (TPSA) is 109 Å². The summed E-state index contributed by atoms with van der Waals surface area (Å²) in [6.45, 7) is 2.79. The molecule has 0 fully saturated rings. The smallest absolute Gasteiger partial charge is 0.333 e. The second-order valence-electron chi connectivity index (χ2n) is 6.99. The molecule has 2 aromatic heterocycles. The van der Waals surface area contributed by atoms with Crippen LogP contribution in [-0.2, 0) is 10.0 Å². The molecule has 170 valence electrons. The fourth-order valence-electron chi connectivity index (χ4n) is 3.24. The third-order valence-electron chi connectivity index (χ3n) is 4.73. The molecule has 0 unspecified atom stereocenters. The van der Waals surface area contributed by atoms with Crippen molar-refractivity contribution in [3.8, 4) is 5.69 Å². The number of rotatable bonds is 6. The van der Waals surface area contributed by atoms with Crippen LogP contribution in [0.15, 0.2) is 75.9 Å². The number of fused-ring (bicyclic) bond motifs is 1. The molecule has 0 bridgehead atoms. The summed E-state index contributed by atoms with van der Waals surface area (Å²) in [6, 6.07) is 15.7. The number of carbonyl (C=O) groups is 1. The Labute approximate surface area is 198 Å². The Balaban J connectivity index is 1.50. The SMILES string of the molecule is CCNc1ccc2c(=O)n(-c3ccc(NC(=O)NS(=O)(=O)c4ccc(Cl)s4)cc3)ccc2c1. The summed E-state index contributed by atoms with van der Waals surface area (Å²) in [6.07, 6.45) is 1.69. The zero-order valence-electron chi connectivity index (χ0n) is 17.3. The number of sulfonamides is 1. The zero-order valence-corrected chi connectivity index (χ0v) is 19.7. The molecule has 0 atom stereocenters. The minimum absolute atomic E-state index is 0.0636. The Morgan fingerprint density at radius 2 is 1.76 bits per heavy atom. The van der Waals surface area contributed by atoms with Gasteiger partial charge in [0.1, 0.15) is 4.21 Å². The number of anilines is 2. The first-order chi connectivity index (χ1) is 15.8. The third kappa shape index (κ3) is 5.03. The largest absolute Gasteiger partial charge is 0.385 e. The number of benzene rings is 2. The predicted molar refractivity (Wildman–Crippen MR) is 132 cm³/mol. The molecule has 2 amide bonds. The summed E-state index contributed by atoms with van der Waals surface area (Å²) in [4.78, 5) is 25.1. The lowest BCUT2D eigenvalue weighted by Gasteiger charge is -2.11. The number of thiophene rings is 1. The van der Waals surface area contributed by atoms with Crippen LogP contribution in [0.3, 0.4) is 0 Å². The van der Waals surface area contributed by atoms with Gasteiger partial charge in [0, 0.05) is 35.2 Å². The van der Waals surface area contributed by atoms with Gasteiger partial charge in [-0.05, 0) is 73.0 Å². The first kappa shape index (κ1) is 22.8. The van der Waals surface area contributed by atoms with Crippen molar-refractivity contribution in [1.82, 2.24) is 9.29 Å². The zero-order chi connectivity index (χ0) is 23.6. The lowest BCUT2D eigenvalue weighted by Crippen LogP contribution is -2.33. The van der Waals surface area contributed by atoms with Crippen molar-refractivity contribution in [1.29, 1.82) is 0 Å². The van der Waals surface area contributed by atoms with E-state index in [2.05, 4.69) is 10.6 Å². The van der Waals surface area contributed by atoms with Gasteiger partial charge in [-0.1, -0.05) is 11.6 Å². The Hall–Kier alpha value is -3.34. The van der Waals surface area contributed by atoms with E-state index in [-0.39, 0.29) is 9.77 Å². The van der Waals surface area contributed by atoms with Gasteiger partial charge in [-0.15, -0.1) is 11.3 Å². The monoisotopic (exact) mass is 502 g/mol. The quantitative estimate of drug-likeness (QED) is 0.355. The molecule has 11 heteroatoms. The first-order valence-corrected chi connectivity index (χ1v) is 12.5. The van der Waals surface area contributed by atoms with E-state index < -0.39 is 16.1 Å². The van der Waals surface area contributed by atoms with Crippen molar-refractivity contribution < 1.29 is 13.2 Å². The van der Waals surface area contributed by atoms with Crippen LogP contribution in [0.4, 0.5) is 16.2 Å². The van der Waals surface area contributed by atoms with Gasteiger partial charge in [0.15, 0.2) is 0 Å². The minimum atomic E-state index is -4.02. The van der Waals surface area contributed by atoms with Gasteiger partial charge in [0.25, 0.3) is 15.6 Å². The molecule has 2 aromatic carbocycles. The van der Waals surface area contributed by atoms with E-state index >= 15 is 0 Å². The summed E-state index contributed by atoms with van der Waals surface area (Å²) in [7, 11) is -4.02. The molecule has 33 heavy (non-hydrogen) atoms. The molecule has 8 nitrogen and oxygen atoms in total. The van der Waals surface area contributed by atoms with E-state index in [1.165, 1.54) is 16.7 Å². The minimum Gasteiger partial charge on any atom is -0.385 e. The summed E-state index contributed by atoms with van der Waals surface area (Å²) in [5.74, 6) is 0. The van der Waals surface area contributed by atoms with Gasteiger partial charge in [-0.2, -0.15) is 0 Å². The number of hydrogen-bond acceptors (Lipinski definition) is 6. The van der Waals surface area contributed by atoms with Crippen LogP contribution in [0, 0.1) is 0 Å². The molecule has 0 saturated carbocycles. The highest BCUT2D eigenvalue weighted by Gasteiger charge is 2.19.